The highest BCUT2D eigenvalue weighted by Gasteiger charge is 2.19. The molecule has 5 nitrogen and oxygen atoms in total. The first kappa shape index (κ1) is 15.1. The highest BCUT2D eigenvalue weighted by atomic mass is 35.5. The monoisotopic (exact) mass is 339 g/mol. The van der Waals surface area contributed by atoms with Crippen LogP contribution in [-0.2, 0) is 16.6 Å². The normalized spacial score (nSPS) is 13.9. The van der Waals surface area contributed by atoms with E-state index in [1.807, 2.05) is 0 Å². The molecule has 0 aliphatic carbocycles. The fourth-order valence-corrected chi connectivity index (χ4v) is 3.31. The van der Waals surface area contributed by atoms with Gasteiger partial charge in [-0.1, -0.05) is 29.8 Å². The minimum Gasteiger partial charge on any atom is -0.486 e. The number of fused-ring (bicyclic) bond motifs is 1. The lowest BCUT2D eigenvalue weighted by molar-refractivity contribution is 0.171. The number of halogens is 1. The molecule has 0 saturated heterocycles. The zero-order chi connectivity index (χ0) is 15.6. The average molecular weight is 340 g/mol. The molecule has 7 heteroatoms. The van der Waals surface area contributed by atoms with Gasteiger partial charge in [-0.3, -0.25) is 0 Å². The van der Waals surface area contributed by atoms with Crippen molar-refractivity contribution in [1.82, 2.24) is 4.72 Å². The predicted molar refractivity (Wildman–Crippen MR) is 82.9 cm³/mol. The van der Waals surface area contributed by atoms with Crippen molar-refractivity contribution < 1.29 is 17.9 Å². The van der Waals surface area contributed by atoms with Crippen molar-refractivity contribution >= 4 is 21.6 Å². The number of hydrogen-bond donors (Lipinski definition) is 1. The van der Waals surface area contributed by atoms with E-state index in [2.05, 4.69) is 4.72 Å². The van der Waals surface area contributed by atoms with E-state index in [0.29, 0.717) is 35.3 Å². The van der Waals surface area contributed by atoms with Crippen molar-refractivity contribution in [3.05, 3.63) is 53.1 Å². The second-order valence-corrected chi connectivity index (χ2v) is 6.90. The van der Waals surface area contributed by atoms with Gasteiger partial charge in [0.05, 0.1) is 4.90 Å². The average Bonchev–Trinajstić information content (AvgIpc) is 2.54. The van der Waals surface area contributed by atoms with Gasteiger partial charge < -0.3 is 9.47 Å². The molecule has 1 N–H and O–H groups in total. The van der Waals surface area contributed by atoms with Crippen LogP contribution < -0.4 is 14.2 Å². The van der Waals surface area contributed by atoms with E-state index in [1.54, 1.807) is 30.3 Å². The first-order valence-electron chi connectivity index (χ1n) is 6.69. The molecule has 3 rings (SSSR count). The van der Waals surface area contributed by atoms with Crippen molar-refractivity contribution in [1.29, 1.82) is 0 Å². The van der Waals surface area contributed by atoms with E-state index < -0.39 is 10.0 Å². The van der Waals surface area contributed by atoms with E-state index in [0.717, 1.165) is 0 Å². The van der Waals surface area contributed by atoms with Crippen molar-refractivity contribution in [3.8, 4) is 11.5 Å². The Morgan fingerprint density at radius 2 is 1.77 bits per heavy atom. The molecule has 1 aliphatic rings. The van der Waals surface area contributed by atoms with Crippen molar-refractivity contribution in [2.75, 3.05) is 13.2 Å². The first-order chi connectivity index (χ1) is 10.6. The molecule has 0 spiro atoms. The van der Waals surface area contributed by atoms with Crippen molar-refractivity contribution in [2.45, 2.75) is 11.4 Å². The summed E-state index contributed by atoms with van der Waals surface area (Å²) in [4.78, 5) is 0.129. The highest BCUT2D eigenvalue weighted by Crippen LogP contribution is 2.32. The van der Waals surface area contributed by atoms with Gasteiger partial charge in [-0.15, -0.1) is 0 Å². The molecule has 0 amide bonds. The smallest absolute Gasteiger partial charge is 0.241 e. The molecule has 0 atom stereocenters. The Morgan fingerprint density at radius 1 is 1.05 bits per heavy atom. The molecule has 0 bridgehead atoms. The Bertz CT molecular complexity index is 792. The Morgan fingerprint density at radius 3 is 2.55 bits per heavy atom. The van der Waals surface area contributed by atoms with Crippen LogP contribution in [0, 0.1) is 0 Å². The molecule has 1 aliphatic heterocycles. The number of hydrogen-bond acceptors (Lipinski definition) is 4. The molecular formula is C15H14ClNO4S. The molecule has 0 unspecified atom stereocenters. The van der Waals surface area contributed by atoms with Gasteiger partial charge in [-0.2, -0.15) is 0 Å². The van der Waals surface area contributed by atoms with E-state index >= 15 is 0 Å². The van der Waals surface area contributed by atoms with Crippen LogP contribution in [0.3, 0.4) is 0 Å². The minimum atomic E-state index is -3.65. The van der Waals surface area contributed by atoms with Gasteiger partial charge in [0.2, 0.25) is 10.0 Å². The fourth-order valence-electron chi connectivity index (χ4n) is 2.09. The Labute approximate surface area is 133 Å². The number of sulfonamides is 1. The maximum Gasteiger partial charge on any atom is 0.241 e. The lowest BCUT2D eigenvalue weighted by atomic mass is 10.2. The summed E-state index contributed by atoms with van der Waals surface area (Å²) in [5.74, 6) is 0.989. The van der Waals surface area contributed by atoms with E-state index in [1.165, 1.54) is 12.1 Å². The van der Waals surface area contributed by atoms with Crippen LogP contribution in [0.25, 0.3) is 0 Å². The van der Waals surface area contributed by atoms with Crippen LogP contribution >= 0.6 is 11.6 Å². The molecule has 0 radical (unpaired) electrons. The summed E-state index contributed by atoms with van der Waals surface area (Å²) in [5.41, 5.74) is 0.713. The summed E-state index contributed by atoms with van der Waals surface area (Å²) in [5, 5.41) is 0.521. The zero-order valence-electron chi connectivity index (χ0n) is 11.6. The van der Waals surface area contributed by atoms with E-state index in [-0.39, 0.29) is 11.4 Å². The minimum absolute atomic E-state index is 0.121. The number of ether oxygens (including phenoxy) is 2. The third-order valence-electron chi connectivity index (χ3n) is 3.23. The third-order valence-corrected chi connectivity index (χ3v) is 5.00. The topological polar surface area (TPSA) is 64.6 Å². The summed E-state index contributed by atoms with van der Waals surface area (Å²) in [6.45, 7) is 0.990. The second kappa shape index (κ2) is 6.16. The predicted octanol–water partition coefficient (Wildman–Crippen LogP) is 2.59. The lowest BCUT2D eigenvalue weighted by Crippen LogP contribution is -2.24. The van der Waals surface area contributed by atoms with Crippen LogP contribution in [0.5, 0.6) is 11.5 Å². The Balaban J connectivity index is 1.80. The Hall–Kier alpha value is -1.76. The van der Waals surface area contributed by atoms with Gasteiger partial charge >= 0.3 is 0 Å². The molecule has 1 heterocycles. The second-order valence-electron chi connectivity index (χ2n) is 4.72. The SMILES string of the molecule is O=S(=O)(NCc1ccccc1Cl)c1ccc2c(c1)OCCO2. The molecule has 0 fully saturated rings. The summed E-state index contributed by atoms with van der Waals surface area (Å²) < 4.78 is 38.0. The maximum absolute atomic E-state index is 12.4. The summed E-state index contributed by atoms with van der Waals surface area (Å²) >= 11 is 6.02. The largest absolute Gasteiger partial charge is 0.486 e. The van der Waals surface area contributed by atoms with Crippen LogP contribution in [0.15, 0.2) is 47.4 Å². The maximum atomic E-state index is 12.4. The van der Waals surface area contributed by atoms with Gasteiger partial charge in [0.15, 0.2) is 11.5 Å². The molecular weight excluding hydrogens is 326 g/mol. The lowest BCUT2D eigenvalue weighted by Gasteiger charge is -2.19. The number of nitrogens with one attached hydrogen (secondary N) is 1. The molecule has 116 valence electrons. The quantitative estimate of drug-likeness (QED) is 0.930. The number of rotatable bonds is 4. The molecule has 2 aromatic rings. The van der Waals surface area contributed by atoms with E-state index in [4.69, 9.17) is 21.1 Å². The van der Waals surface area contributed by atoms with Gasteiger partial charge in [-0.05, 0) is 23.8 Å². The molecule has 22 heavy (non-hydrogen) atoms. The van der Waals surface area contributed by atoms with Crippen LogP contribution in [0.2, 0.25) is 5.02 Å². The summed E-state index contributed by atoms with van der Waals surface area (Å²) in [6.07, 6.45) is 0. The summed E-state index contributed by atoms with van der Waals surface area (Å²) in [7, 11) is -3.65. The van der Waals surface area contributed by atoms with Crippen LogP contribution in [0.1, 0.15) is 5.56 Å². The fraction of sp³-hybridized carbons (Fsp3) is 0.200. The van der Waals surface area contributed by atoms with Gasteiger partial charge in [0.1, 0.15) is 13.2 Å². The van der Waals surface area contributed by atoms with E-state index in [9.17, 15) is 8.42 Å². The van der Waals surface area contributed by atoms with Crippen LogP contribution in [-0.4, -0.2) is 21.6 Å². The molecule has 2 aromatic carbocycles. The van der Waals surface area contributed by atoms with Crippen molar-refractivity contribution in [3.63, 3.8) is 0 Å². The van der Waals surface area contributed by atoms with Crippen LogP contribution in [0.4, 0.5) is 0 Å². The highest BCUT2D eigenvalue weighted by molar-refractivity contribution is 7.89. The van der Waals surface area contributed by atoms with Gasteiger partial charge in [0.25, 0.3) is 0 Å². The summed E-state index contributed by atoms with van der Waals surface area (Å²) in [6, 6.07) is 11.6. The molecule has 0 aromatic heterocycles. The Kier molecular flexibility index (Phi) is 4.24. The number of benzene rings is 2. The zero-order valence-corrected chi connectivity index (χ0v) is 13.2. The van der Waals surface area contributed by atoms with Crippen molar-refractivity contribution in [2.24, 2.45) is 0 Å². The standard InChI is InChI=1S/C15H14ClNO4S/c16-13-4-2-1-3-11(13)10-17-22(18,19)12-5-6-14-15(9-12)21-8-7-20-14/h1-6,9,17H,7-8,10H2. The molecule has 0 saturated carbocycles. The van der Waals surface area contributed by atoms with Gasteiger partial charge in [0, 0.05) is 17.6 Å². The third kappa shape index (κ3) is 3.19. The first-order valence-corrected chi connectivity index (χ1v) is 8.55. The van der Waals surface area contributed by atoms with Gasteiger partial charge in [-0.25, -0.2) is 13.1 Å².